The molecule has 0 spiro atoms. The Morgan fingerprint density at radius 3 is 2.62 bits per heavy atom. The number of para-hydroxylation sites is 1. The largest absolute Gasteiger partial charge is 0.504 e. The summed E-state index contributed by atoms with van der Waals surface area (Å²) in [5.74, 6) is 1.24. The zero-order valence-electron chi connectivity index (χ0n) is 20.5. The minimum Gasteiger partial charge on any atom is -0.504 e. The summed E-state index contributed by atoms with van der Waals surface area (Å²) in [6.45, 7) is 3.13. The van der Waals surface area contributed by atoms with Crippen molar-refractivity contribution in [2.24, 2.45) is 4.99 Å². The number of benzene rings is 3. The normalized spacial score (nSPS) is 11.6. The molecule has 6 aromatic rings. The van der Waals surface area contributed by atoms with Crippen LogP contribution in [0.4, 0.5) is 5.82 Å². The number of phenols is 1. The fourth-order valence-corrected chi connectivity index (χ4v) is 4.65. The fourth-order valence-electron chi connectivity index (χ4n) is 4.65. The average molecular weight is 487 g/mol. The third-order valence-corrected chi connectivity index (χ3v) is 6.38. The lowest BCUT2D eigenvalue weighted by atomic mass is 10.1. The van der Waals surface area contributed by atoms with Crippen LogP contribution in [0.15, 0.2) is 108 Å². The van der Waals surface area contributed by atoms with Gasteiger partial charge in [-0.1, -0.05) is 54.6 Å². The van der Waals surface area contributed by atoms with E-state index in [1.54, 1.807) is 6.07 Å². The van der Waals surface area contributed by atoms with Crippen molar-refractivity contribution in [3.8, 4) is 22.8 Å². The quantitative estimate of drug-likeness (QED) is 0.251. The third kappa shape index (κ3) is 4.34. The molecule has 1 N–H and O–H groups in total. The summed E-state index contributed by atoms with van der Waals surface area (Å²) in [4.78, 5) is 9.82. The molecule has 0 aliphatic heterocycles. The Balaban J connectivity index is 1.45. The predicted octanol–water partition coefficient (Wildman–Crippen LogP) is 6.86. The molecule has 0 saturated heterocycles. The second-order valence-corrected chi connectivity index (χ2v) is 8.80. The number of fused-ring (bicyclic) bond motifs is 2. The van der Waals surface area contributed by atoms with Gasteiger partial charge in [-0.05, 0) is 48.9 Å². The van der Waals surface area contributed by atoms with Gasteiger partial charge in [0.15, 0.2) is 17.3 Å². The van der Waals surface area contributed by atoms with E-state index < -0.39 is 0 Å². The fraction of sp³-hybridized carbons (Fsp3) is 0.0968. The molecule has 3 aromatic carbocycles. The minimum atomic E-state index is 0.102. The van der Waals surface area contributed by atoms with Crippen LogP contribution in [-0.2, 0) is 6.54 Å². The summed E-state index contributed by atoms with van der Waals surface area (Å²) < 4.78 is 9.85. The highest BCUT2D eigenvalue weighted by Crippen LogP contribution is 2.36. The third-order valence-electron chi connectivity index (χ3n) is 6.38. The van der Waals surface area contributed by atoms with Crippen LogP contribution >= 0.6 is 0 Å². The minimum absolute atomic E-state index is 0.102. The molecule has 6 rings (SSSR count). The summed E-state index contributed by atoms with van der Waals surface area (Å²) in [5.41, 5.74) is 5.77. The molecule has 0 fully saturated rings. The van der Waals surface area contributed by atoms with Crippen molar-refractivity contribution >= 4 is 28.6 Å². The van der Waals surface area contributed by atoms with Gasteiger partial charge in [0.2, 0.25) is 0 Å². The molecule has 182 valence electrons. The van der Waals surface area contributed by atoms with E-state index in [4.69, 9.17) is 14.7 Å². The molecule has 0 amide bonds. The van der Waals surface area contributed by atoms with E-state index in [0.717, 1.165) is 39.9 Å². The molecule has 0 aliphatic rings. The van der Waals surface area contributed by atoms with Gasteiger partial charge >= 0.3 is 0 Å². The van der Waals surface area contributed by atoms with Crippen LogP contribution in [0, 0.1) is 0 Å². The topological polar surface area (TPSA) is 64.0 Å². The molecule has 0 atom stereocenters. The predicted molar refractivity (Wildman–Crippen MR) is 148 cm³/mol. The van der Waals surface area contributed by atoms with E-state index in [0.29, 0.717) is 18.2 Å². The maximum atomic E-state index is 10.2. The number of aromatic hydroxyl groups is 1. The molecule has 0 radical (unpaired) electrons. The average Bonchev–Trinajstić information content (AvgIpc) is 3.48. The number of ether oxygens (including phenoxy) is 1. The SMILES string of the molecule is CCOc1cc(-c2nc3ccccn3c2/N=C/c2cn(Cc3ccccc3)c3ccccc23)ccc1O. The zero-order chi connectivity index (χ0) is 25.2. The Morgan fingerprint density at radius 1 is 0.946 bits per heavy atom. The van der Waals surface area contributed by atoms with Gasteiger partial charge in [-0.3, -0.25) is 4.40 Å². The van der Waals surface area contributed by atoms with Crippen LogP contribution in [0.5, 0.6) is 11.5 Å². The second kappa shape index (κ2) is 9.66. The summed E-state index contributed by atoms with van der Waals surface area (Å²) in [5, 5.41) is 11.3. The van der Waals surface area contributed by atoms with Crippen LogP contribution < -0.4 is 4.74 Å². The van der Waals surface area contributed by atoms with E-state index in [-0.39, 0.29) is 5.75 Å². The summed E-state index contributed by atoms with van der Waals surface area (Å²) in [6.07, 6.45) is 6.02. The van der Waals surface area contributed by atoms with Gasteiger partial charge in [-0.2, -0.15) is 0 Å². The molecule has 0 unspecified atom stereocenters. The molecule has 0 bridgehead atoms. The molecule has 0 saturated carbocycles. The van der Waals surface area contributed by atoms with Gasteiger partial charge in [0.1, 0.15) is 11.3 Å². The van der Waals surface area contributed by atoms with Crippen LogP contribution in [0.1, 0.15) is 18.1 Å². The number of aromatic nitrogens is 3. The first kappa shape index (κ1) is 22.6. The molecule has 3 aromatic heterocycles. The smallest absolute Gasteiger partial charge is 0.165 e. The molecule has 0 aliphatic carbocycles. The number of nitrogens with zero attached hydrogens (tertiary/aromatic N) is 4. The lowest BCUT2D eigenvalue weighted by Gasteiger charge is -2.07. The van der Waals surface area contributed by atoms with Crippen molar-refractivity contribution in [1.29, 1.82) is 0 Å². The number of hydrogen-bond acceptors (Lipinski definition) is 4. The van der Waals surface area contributed by atoms with Crippen LogP contribution in [0.2, 0.25) is 0 Å². The van der Waals surface area contributed by atoms with E-state index in [1.807, 2.05) is 60.1 Å². The van der Waals surface area contributed by atoms with Crippen molar-refractivity contribution in [3.05, 3.63) is 115 Å². The maximum Gasteiger partial charge on any atom is 0.165 e. The van der Waals surface area contributed by atoms with Crippen molar-refractivity contribution in [2.75, 3.05) is 6.61 Å². The van der Waals surface area contributed by atoms with Crippen LogP contribution in [-0.4, -0.2) is 31.9 Å². The Bertz CT molecular complexity index is 1730. The van der Waals surface area contributed by atoms with Crippen molar-refractivity contribution < 1.29 is 9.84 Å². The molecular formula is C31H26N4O2. The van der Waals surface area contributed by atoms with E-state index in [9.17, 15) is 5.11 Å². The van der Waals surface area contributed by atoms with Crippen LogP contribution in [0.25, 0.3) is 27.8 Å². The Hall–Kier alpha value is -4.84. The van der Waals surface area contributed by atoms with Crippen molar-refractivity contribution in [3.63, 3.8) is 0 Å². The maximum absolute atomic E-state index is 10.2. The standard InChI is InChI=1S/C31H26N4O2/c1-2-37-28-18-23(15-16-27(28)36)30-31(35-17-9-8-14-29(35)33-30)32-19-24-21-34(20-22-10-4-3-5-11-22)26-13-7-6-12-25(24)26/h3-19,21,36H,2,20H2,1H3/b32-19+. The molecule has 6 nitrogen and oxygen atoms in total. The first-order valence-electron chi connectivity index (χ1n) is 12.3. The second-order valence-electron chi connectivity index (χ2n) is 8.80. The first-order chi connectivity index (χ1) is 18.2. The van der Waals surface area contributed by atoms with Gasteiger partial charge in [0.05, 0.1) is 6.61 Å². The van der Waals surface area contributed by atoms with Gasteiger partial charge in [0.25, 0.3) is 0 Å². The van der Waals surface area contributed by atoms with Gasteiger partial charge in [0, 0.05) is 47.2 Å². The lowest BCUT2D eigenvalue weighted by molar-refractivity contribution is 0.318. The van der Waals surface area contributed by atoms with Crippen molar-refractivity contribution in [2.45, 2.75) is 13.5 Å². The molecule has 6 heteroatoms. The lowest BCUT2D eigenvalue weighted by Crippen LogP contribution is -1.97. The molecular weight excluding hydrogens is 460 g/mol. The monoisotopic (exact) mass is 486 g/mol. The summed E-state index contributed by atoms with van der Waals surface area (Å²) in [6, 6.07) is 30.0. The number of hydrogen-bond donors (Lipinski definition) is 1. The van der Waals surface area contributed by atoms with E-state index in [1.165, 1.54) is 5.56 Å². The number of rotatable bonds is 7. The number of phenolic OH excluding ortho intramolecular Hbond substituents is 1. The van der Waals surface area contributed by atoms with Crippen LogP contribution in [0.3, 0.4) is 0 Å². The first-order valence-corrected chi connectivity index (χ1v) is 12.3. The van der Waals surface area contributed by atoms with Gasteiger partial charge in [-0.25, -0.2) is 9.98 Å². The number of imidazole rings is 1. The number of pyridine rings is 1. The van der Waals surface area contributed by atoms with E-state index in [2.05, 4.69) is 59.3 Å². The number of aliphatic imine (C=N–C) groups is 1. The zero-order valence-corrected chi connectivity index (χ0v) is 20.5. The molecule has 37 heavy (non-hydrogen) atoms. The van der Waals surface area contributed by atoms with Gasteiger partial charge in [-0.15, -0.1) is 0 Å². The summed E-state index contributed by atoms with van der Waals surface area (Å²) in [7, 11) is 0. The Kier molecular flexibility index (Phi) is 5.91. The Labute approximate surface area is 214 Å². The highest BCUT2D eigenvalue weighted by molar-refractivity contribution is 6.00. The van der Waals surface area contributed by atoms with Crippen molar-refractivity contribution in [1.82, 2.24) is 14.0 Å². The Morgan fingerprint density at radius 2 is 1.76 bits per heavy atom. The molecule has 3 heterocycles. The highest BCUT2D eigenvalue weighted by atomic mass is 16.5. The van der Waals surface area contributed by atoms with E-state index >= 15 is 0 Å². The highest BCUT2D eigenvalue weighted by Gasteiger charge is 2.16. The summed E-state index contributed by atoms with van der Waals surface area (Å²) >= 11 is 0. The van der Waals surface area contributed by atoms with Gasteiger partial charge < -0.3 is 14.4 Å².